The van der Waals surface area contributed by atoms with Crippen LogP contribution in [0.15, 0.2) is 35.9 Å². The van der Waals surface area contributed by atoms with Gasteiger partial charge in [-0.2, -0.15) is 13.2 Å². The third kappa shape index (κ3) is 3.47. The molecule has 0 aliphatic heterocycles. The lowest BCUT2D eigenvalue weighted by Crippen LogP contribution is -2.42. The Balaban J connectivity index is 2.41. The van der Waals surface area contributed by atoms with Gasteiger partial charge in [-0.25, -0.2) is 0 Å². The Hall–Kier alpha value is -1.33. The number of carbonyl (C=O) groups is 1. The molecule has 0 unspecified atom stereocenters. The van der Waals surface area contributed by atoms with Crippen LogP contribution in [0.1, 0.15) is 31.2 Å². The molecule has 6 heteroatoms. The Morgan fingerprint density at radius 3 is 2.52 bits per heavy atom. The van der Waals surface area contributed by atoms with Crippen LogP contribution < -0.4 is 0 Å². The number of aliphatic hydroxyl groups is 1. The predicted molar refractivity (Wildman–Crippen MR) is 73.0 cm³/mol. The summed E-state index contributed by atoms with van der Waals surface area (Å²) in [4.78, 5) is 11.3. The second-order valence-corrected chi connectivity index (χ2v) is 5.60. The molecular weight excluding hydrogens is 305 g/mol. The maximum atomic E-state index is 13.4. The number of benzene rings is 1. The van der Waals surface area contributed by atoms with E-state index in [0.29, 0.717) is 24.8 Å². The van der Waals surface area contributed by atoms with Crippen LogP contribution in [-0.2, 0) is 10.4 Å². The van der Waals surface area contributed by atoms with Gasteiger partial charge in [0.15, 0.2) is 11.4 Å². The van der Waals surface area contributed by atoms with E-state index < -0.39 is 18.2 Å². The van der Waals surface area contributed by atoms with Crippen molar-refractivity contribution in [2.75, 3.05) is 0 Å². The van der Waals surface area contributed by atoms with Crippen molar-refractivity contribution in [2.24, 2.45) is 0 Å². The van der Waals surface area contributed by atoms with Crippen molar-refractivity contribution in [2.45, 2.75) is 37.5 Å². The molecule has 0 spiro atoms. The summed E-state index contributed by atoms with van der Waals surface area (Å²) < 4.78 is 40.1. The zero-order chi connectivity index (χ0) is 15.7. The molecule has 1 aliphatic carbocycles. The molecule has 0 bridgehead atoms. The average Bonchev–Trinajstić information content (AvgIpc) is 2.37. The standard InChI is InChI=1S/C15H14ClF3O2/c16-12-5-2-4-11(8-12)14(21,15(17,18)19)9-10-3-1-6-13(20)7-10/h2,4-5,7-8,21H,1,3,6,9H2/t14-/m1/s1. The molecule has 0 aromatic heterocycles. The summed E-state index contributed by atoms with van der Waals surface area (Å²) in [5.41, 5.74) is -3.05. The molecule has 1 aliphatic rings. The van der Waals surface area contributed by atoms with Crippen molar-refractivity contribution >= 4 is 17.4 Å². The highest BCUT2D eigenvalue weighted by molar-refractivity contribution is 6.30. The monoisotopic (exact) mass is 318 g/mol. The zero-order valence-electron chi connectivity index (χ0n) is 11.1. The highest BCUT2D eigenvalue weighted by Gasteiger charge is 2.55. The second-order valence-electron chi connectivity index (χ2n) is 5.17. The molecule has 0 amide bonds. The van der Waals surface area contributed by atoms with Gasteiger partial charge in [0.25, 0.3) is 0 Å². The molecular formula is C15H14ClF3O2. The van der Waals surface area contributed by atoms with E-state index in [0.717, 1.165) is 6.07 Å². The van der Waals surface area contributed by atoms with Gasteiger partial charge >= 0.3 is 6.18 Å². The molecule has 2 nitrogen and oxygen atoms in total. The van der Waals surface area contributed by atoms with E-state index in [1.165, 1.54) is 24.3 Å². The fourth-order valence-electron chi connectivity index (χ4n) is 2.44. The van der Waals surface area contributed by atoms with Gasteiger partial charge in [0.05, 0.1) is 0 Å². The number of alkyl halides is 3. The molecule has 0 fully saturated rings. The SMILES string of the molecule is O=C1C=C(C[C@@](O)(c2cccc(Cl)c2)C(F)(F)F)CCC1. The predicted octanol–water partition coefficient (Wildman–Crippen LogP) is 4.16. The minimum atomic E-state index is -4.86. The van der Waals surface area contributed by atoms with Crippen molar-refractivity contribution in [3.05, 3.63) is 46.5 Å². The third-order valence-corrected chi connectivity index (χ3v) is 3.78. The van der Waals surface area contributed by atoms with Crippen molar-refractivity contribution in [3.8, 4) is 0 Å². The summed E-state index contributed by atoms with van der Waals surface area (Å²) in [5, 5.41) is 10.4. The number of allylic oxidation sites excluding steroid dienone is 1. The Bertz CT molecular complexity index is 581. The van der Waals surface area contributed by atoms with Crippen molar-refractivity contribution in [1.29, 1.82) is 0 Å². The highest BCUT2D eigenvalue weighted by Crippen LogP contribution is 2.44. The zero-order valence-corrected chi connectivity index (χ0v) is 11.8. The molecule has 0 saturated heterocycles. The van der Waals surface area contributed by atoms with Gasteiger partial charge in [0, 0.05) is 17.9 Å². The highest BCUT2D eigenvalue weighted by atomic mass is 35.5. The van der Waals surface area contributed by atoms with Gasteiger partial charge < -0.3 is 5.11 Å². The summed E-state index contributed by atoms with van der Waals surface area (Å²) in [6, 6.07) is 5.07. The first kappa shape index (κ1) is 16.0. The number of hydrogen-bond acceptors (Lipinski definition) is 2. The summed E-state index contributed by atoms with van der Waals surface area (Å²) in [6.07, 6.45) is -3.07. The molecule has 0 saturated carbocycles. The van der Waals surface area contributed by atoms with Crippen LogP contribution >= 0.6 is 11.6 Å². The minimum absolute atomic E-state index is 0.115. The summed E-state index contributed by atoms with van der Waals surface area (Å²) >= 11 is 5.72. The number of rotatable bonds is 3. The van der Waals surface area contributed by atoms with Crippen LogP contribution in [0.25, 0.3) is 0 Å². The van der Waals surface area contributed by atoms with Crippen LogP contribution in [0, 0.1) is 0 Å². The molecule has 0 radical (unpaired) electrons. The molecule has 1 aromatic rings. The number of hydrogen-bond donors (Lipinski definition) is 1. The fraction of sp³-hybridized carbons (Fsp3) is 0.400. The average molecular weight is 319 g/mol. The largest absolute Gasteiger partial charge is 0.421 e. The Morgan fingerprint density at radius 2 is 1.95 bits per heavy atom. The van der Waals surface area contributed by atoms with E-state index in [1.54, 1.807) is 0 Å². The third-order valence-electron chi connectivity index (χ3n) is 3.54. The van der Waals surface area contributed by atoms with E-state index in [1.807, 2.05) is 0 Å². The van der Waals surface area contributed by atoms with Crippen molar-refractivity contribution in [1.82, 2.24) is 0 Å². The van der Waals surface area contributed by atoms with Gasteiger partial charge in [-0.05, 0) is 36.6 Å². The Kier molecular flexibility index (Phi) is 4.44. The minimum Gasteiger partial charge on any atom is -0.376 e. The van der Waals surface area contributed by atoms with E-state index in [4.69, 9.17) is 11.6 Å². The lowest BCUT2D eigenvalue weighted by Gasteiger charge is -2.32. The van der Waals surface area contributed by atoms with Crippen LogP contribution in [0.3, 0.4) is 0 Å². The maximum Gasteiger partial charge on any atom is 0.421 e. The summed E-state index contributed by atoms with van der Waals surface area (Å²) in [5.74, 6) is -0.202. The number of carbonyl (C=O) groups excluding carboxylic acids is 1. The molecule has 0 heterocycles. The second kappa shape index (κ2) is 5.81. The van der Waals surface area contributed by atoms with E-state index in [9.17, 15) is 23.1 Å². The van der Waals surface area contributed by atoms with E-state index >= 15 is 0 Å². The first-order valence-electron chi connectivity index (χ1n) is 6.50. The van der Waals surface area contributed by atoms with E-state index in [2.05, 4.69) is 0 Å². The van der Waals surface area contributed by atoms with Gasteiger partial charge in [-0.3, -0.25) is 4.79 Å². The topological polar surface area (TPSA) is 37.3 Å². The van der Waals surface area contributed by atoms with E-state index in [-0.39, 0.29) is 16.4 Å². The summed E-state index contributed by atoms with van der Waals surface area (Å²) in [7, 11) is 0. The van der Waals surface area contributed by atoms with Crippen LogP contribution in [0.5, 0.6) is 0 Å². The van der Waals surface area contributed by atoms with Crippen molar-refractivity contribution in [3.63, 3.8) is 0 Å². The molecule has 1 aromatic carbocycles. The van der Waals surface area contributed by atoms with Gasteiger partial charge in [-0.15, -0.1) is 0 Å². The quantitative estimate of drug-likeness (QED) is 0.908. The molecule has 2 rings (SSSR count). The van der Waals surface area contributed by atoms with Gasteiger partial charge in [-0.1, -0.05) is 29.3 Å². The lowest BCUT2D eigenvalue weighted by atomic mass is 9.83. The molecule has 21 heavy (non-hydrogen) atoms. The van der Waals surface area contributed by atoms with Crippen LogP contribution in [0.4, 0.5) is 13.2 Å². The Morgan fingerprint density at radius 1 is 1.24 bits per heavy atom. The number of halogens is 4. The first-order valence-corrected chi connectivity index (χ1v) is 6.87. The normalized spacial score (nSPS) is 19.1. The van der Waals surface area contributed by atoms with Gasteiger partial charge in [0.1, 0.15) is 0 Å². The van der Waals surface area contributed by atoms with Crippen LogP contribution in [-0.4, -0.2) is 17.1 Å². The first-order chi connectivity index (χ1) is 9.72. The molecule has 1 atom stereocenters. The maximum absolute atomic E-state index is 13.4. The smallest absolute Gasteiger partial charge is 0.376 e. The van der Waals surface area contributed by atoms with Gasteiger partial charge in [0.2, 0.25) is 0 Å². The Labute approximate surface area is 125 Å². The van der Waals surface area contributed by atoms with Crippen LogP contribution in [0.2, 0.25) is 5.02 Å². The molecule has 1 N–H and O–H groups in total. The summed E-state index contributed by atoms with van der Waals surface area (Å²) in [6.45, 7) is 0. The van der Waals surface area contributed by atoms with Crippen molar-refractivity contribution < 1.29 is 23.1 Å². The molecule has 114 valence electrons. The number of ketones is 1. The lowest BCUT2D eigenvalue weighted by molar-refractivity contribution is -0.266. The fourth-order valence-corrected chi connectivity index (χ4v) is 2.63.